The van der Waals surface area contributed by atoms with E-state index in [1.54, 1.807) is 36.4 Å². The fourth-order valence-electron chi connectivity index (χ4n) is 2.99. The summed E-state index contributed by atoms with van der Waals surface area (Å²) < 4.78 is 15.9. The summed E-state index contributed by atoms with van der Waals surface area (Å²) in [5.74, 6) is -0.453. The van der Waals surface area contributed by atoms with Gasteiger partial charge in [-0.25, -0.2) is 9.37 Å². The number of hydrogen-bond donors (Lipinski definition) is 0. The van der Waals surface area contributed by atoms with Crippen LogP contribution in [0, 0.1) is 5.82 Å². The quantitative estimate of drug-likeness (QED) is 0.354. The molecule has 1 heterocycles. The number of nitrogens with zero attached hydrogens (tertiary/aromatic N) is 2. The standard InChI is InChI=1S/C22H17FN2OS/c1-15(16-9-3-2-4-10-16)27-22-24-19-13-7-5-11-17(19)21(26)25(22)20-14-8-6-12-18(20)23/h2-15H,1H3. The maximum absolute atomic E-state index is 14.5. The van der Waals surface area contributed by atoms with Crippen molar-refractivity contribution in [3.8, 4) is 5.69 Å². The molecule has 4 aromatic rings. The van der Waals surface area contributed by atoms with Crippen molar-refractivity contribution in [3.05, 3.63) is 101 Å². The molecule has 0 saturated heterocycles. The second-order valence-electron chi connectivity index (χ2n) is 6.17. The lowest BCUT2D eigenvalue weighted by Gasteiger charge is -2.17. The zero-order valence-electron chi connectivity index (χ0n) is 14.7. The summed E-state index contributed by atoms with van der Waals surface area (Å²) in [4.78, 5) is 17.8. The van der Waals surface area contributed by atoms with Gasteiger partial charge in [-0.05, 0) is 36.8 Å². The summed E-state index contributed by atoms with van der Waals surface area (Å²) in [5.41, 5.74) is 1.67. The van der Waals surface area contributed by atoms with E-state index in [2.05, 4.69) is 4.98 Å². The van der Waals surface area contributed by atoms with Crippen LogP contribution < -0.4 is 5.56 Å². The van der Waals surface area contributed by atoms with Crippen LogP contribution >= 0.6 is 11.8 Å². The smallest absolute Gasteiger partial charge is 0.266 e. The van der Waals surface area contributed by atoms with Crippen molar-refractivity contribution >= 4 is 22.7 Å². The summed E-state index contributed by atoms with van der Waals surface area (Å²) in [6.45, 7) is 2.05. The molecule has 3 nitrogen and oxygen atoms in total. The van der Waals surface area contributed by atoms with Gasteiger partial charge in [0.05, 0.1) is 16.6 Å². The minimum absolute atomic E-state index is 0.0530. The number of para-hydroxylation sites is 2. The minimum atomic E-state index is -0.453. The Morgan fingerprint density at radius 1 is 0.926 bits per heavy atom. The predicted octanol–water partition coefficient (Wildman–Crippen LogP) is 5.38. The van der Waals surface area contributed by atoms with Crippen molar-refractivity contribution in [1.82, 2.24) is 9.55 Å². The maximum Gasteiger partial charge on any atom is 0.266 e. The van der Waals surface area contributed by atoms with Crippen LogP contribution in [0.3, 0.4) is 0 Å². The Bertz CT molecular complexity index is 1160. The molecule has 0 N–H and O–H groups in total. The lowest BCUT2D eigenvalue weighted by atomic mass is 10.2. The second kappa shape index (κ2) is 7.37. The molecule has 134 valence electrons. The van der Waals surface area contributed by atoms with Crippen LogP contribution in [0.5, 0.6) is 0 Å². The average molecular weight is 376 g/mol. The van der Waals surface area contributed by atoms with Crippen molar-refractivity contribution in [1.29, 1.82) is 0 Å². The molecule has 1 unspecified atom stereocenters. The first-order valence-electron chi connectivity index (χ1n) is 8.63. The summed E-state index contributed by atoms with van der Waals surface area (Å²) in [5, 5.41) is 0.995. The molecular formula is C22H17FN2OS. The summed E-state index contributed by atoms with van der Waals surface area (Å²) in [6, 6.07) is 23.4. The van der Waals surface area contributed by atoms with E-state index in [1.165, 1.54) is 22.4 Å². The van der Waals surface area contributed by atoms with Gasteiger partial charge < -0.3 is 0 Å². The minimum Gasteiger partial charge on any atom is -0.268 e. The van der Waals surface area contributed by atoms with Gasteiger partial charge in [0.25, 0.3) is 5.56 Å². The van der Waals surface area contributed by atoms with E-state index in [-0.39, 0.29) is 16.5 Å². The van der Waals surface area contributed by atoms with E-state index in [9.17, 15) is 9.18 Å². The number of fused-ring (bicyclic) bond motifs is 1. The Morgan fingerprint density at radius 2 is 1.59 bits per heavy atom. The molecule has 0 spiro atoms. The van der Waals surface area contributed by atoms with Gasteiger partial charge in [-0.1, -0.05) is 66.4 Å². The summed E-state index contributed by atoms with van der Waals surface area (Å²) in [6.07, 6.45) is 0. The predicted molar refractivity (Wildman–Crippen MR) is 108 cm³/mol. The topological polar surface area (TPSA) is 34.9 Å². The third-order valence-corrected chi connectivity index (χ3v) is 5.50. The molecule has 0 amide bonds. The van der Waals surface area contributed by atoms with Crippen LogP contribution in [0.25, 0.3) is 16.6 Å². The van der Waals surface area contributed by atoms with Gasteiger partial charge in [-0.15, -0.1) is 0 Å². The molecule has 27 heavy (non-hydrogen) atoms. The monoisotopic (exact) mass is 376 g/mol. The van der Waals surface area contributed by atoms with E-state index in [1.807, 2.05) is 43.3 Å². The molecule has 0 bridgehead atoms. The molecule has 0 aliphatic heterocycles. The second-order valence-corrected chi connectivity index (χ2v) is 7.48. The van der Waals surface area contributed by atoms with Crippen molar-refractivity contribution in [2.45, 2.75) is 17.3 Å². The largest absolute Gasteiger partial charge is 0.268 e. The SMILES string of the molecule is CC(Sc1nc2ccccc2c(=O)n1-c1ccccc1F)c1ccccc1. The Balaban J connectivity index is 1.92. The third-order valence-electron chi connectivity index (χ3n) is 4.39. The molecule has 0 aliphatic carbocycles. The zero-order valence-corrected chi connectivity index (χ0v) is 15.5. The van der Waals surface area contributed by atoms with E-state index < -0.39 is 5.82 Å². The van der Waals surface area contributed by atoms with Gasteiger partial charge in [-0.3, -0.25) is 9.36 Å². The molecule has 3 aromatic carbocycles. The third kappa shape index (κ3) is 3.38. The molecule has 0 fully saturated rings. The van der Waals surface area contributed by atoms with Crippen LogP contribution in [0.2, 0.25) is 0 Å². The van der Waals surface area contributed by atoms with Gasteiger partial charge in [0.1, 0.15) is 5.82 Å². The highest BCUT2D eigenvalue weighted by Crippen LogP contribution is 2.34. The Kier molecular flexibility index (Phi) is 4.77. The highest BCUT2D eigenvalue weighted by atomic mass is 32.2. The molecule has 4 rings (SSSR count). The molecule has 0 saturated carbocycles. The van der Waals surface area contributed by atoms with Gasteiger partial charge >= 0.3 is 0 Å². The number of aromatic nitrogens is 2. The molecular weight excluding hydrogens is 359 g/mol. The van der Waals surface area contributed by atoms with Gasteiger partial charge in [0.15, 0.2) is 5.16 Å². The van der Waals surface area contributed by atoms with E-state index in [0.717, 1.165) is 5.56 Å². The maximum atomic E-state index is 14.5. The highest BCUT2D eigenvalue weighted by Gasteiger charge is 2.18. The van der Waals surface area contributed by atoms with Crippen LogP contribution in [0.15, 0.2) is 88.8 Å². The first kappa shape index (κ1) is 17.5. The first-order valence-corrected chi connectivity index (χ1v) is 9.51. The van der Waals surface area contributed by atoms with E-state index in [0.29, 0.717) is 16.1 Å². The van der Waals surface area contributed by atoms with E-state index >= 15 is 0 Å². The molecule has 1 atom stereocenters. The van der Waals surface area contributed by atoms with Crippen LogP contribution in [-0.2, 0) is 0 Å². The molecule has 1 aromatic heterocycles. The summed E-state index contributed by atoms with van der Waals surface area (Å²) in [7, 11) is 0. The highest BCUT2D eigenvalue weighted by molar-refractivity contribution is 7.99. The number of thioether (sulfide) groups is 1. The van der Waals surface area contributed by atoms with Crippen LogP contribution in [0.4, 0.5) is 4.39 Å². The lowest BCUT2D eigenvalue weighted by molar-refractivity contribution is 0.608. The fraction of sp³-hybridized carbons (Fsp3) is 0.0909. The fourth-order valence-corrected chi connectivity index (χ4v) is 4.03. The number of benzene rings is 3. The number of rotatable bonds is 4. The Hall–Kier alpha value is -2.92. The Morgan fingerprint density at radius 3 is 2.37 bits per heavy atom. The van der Waals surface area contributed by atoms with Crippen LogP contribution in [0.1, 0.15) is 17.7 Å². The summed E-state index contributed by atoms with van der Waals surface area (Å²) >= 11 is 1.44. The zero-order chi connectivity index (χ0) is 18.8. The van der Waals surface area contributed by atoms with Crippen molar-refractivity contribution in [2.75, 3.05) is 0 Å². The van der Waals surface area contributed by atoms with Gasteiger partial charge in [0, 0.05) is 5.25 Å². The molecule has 0 radical (unpaired) electrons. The normalized spacial score (nSPS) is 12.2. The van der Waals surface area contributed by atoms with Crippen molar-refractivity contribution < 1.29 is 4.39 Å². The first-order chi connectivity index (χ1) is 13.1. The van der Waals surface area contributed by atoms with Crippen LogP contribution in [-0.4, -0.2) is 9.55 Å². The van der Waals surface area contributed by atoms with Gasteiger partial charge in [-0.2, -0.15) is 0 Å². The average Bonchev–Trinajstić information content (AvgIpc) is 2.70. The van der Waals surface area contributed by atoms with Gasteiger partial charge in [0.2, 0.25) is 0 Å². The van der Waals surface area contributed by atoms with Crippen molar-refractivity contribution in [2.24, 2.45) is 0 Å². The molecule has 0 aliphatic rings. The Labute approximate surface area is 160 Å². The number of hydrogen-bond acceptors (Lipinski definition) is 3. The molecule has 5 heteroatoms. The van der Waals surface area contributed by atoms with E-state index in [4.69, 9.17) is 0 Å². The number of halogens is 1. The van der Waals surface area contributed by atoms with Crippen molar-refractivity contribution in [3.63, 3.8) is 0 Å². The lowest BCUT2D eigenvalue weighted by Crippen LogP contribution is -2.22.